The molecule has 0 atom stereocenters. The van der Waals surface area contributed by atoms with Crippen LogP contribution in [-0.4, -0.2) is 34.0 Å². The van der Waals surface area contributed by atoms with Crippen molar-refractivity contribution in [2.75, 3.05) is 13.7 Å². The Bertz CT molecular complexity index is 716. The highest BCUT2D eigenvalue weighted by atomic mass is 28.3. The minimum absolute atomic E-state index is 0.256. The first kappa shape index (κ1) is 20.2. The Morgan fingerprint density at radius 1 is 1.23 bits per heavy atom. The second-order valence-corrected chi connectivity index (χ2v) is 13.3. The Kier molecular flexibility index (Phi) is 6.64. The van der Waals surface area contributed by atoms with E-state index in [0.29, 0.717) is 30.8 Å². The van der Waals surface area contributed by atoms with Crippen molar-refractivity contribution in [1.29, 1.82) is 0 Å². The average Bonchev–Trinajstić information content (AvgIpc) is 2.95. The fraction of sp³-hybridized carbons (Fsp3) is 0.500. The minimum Gasteiger partial charge on any atom is -0.496 e. The summed E-state index contributed by atoms with van der Waals surface area (Å²) in [7, 11) is 0.366. The fourth-order valence-electron chi connectivity index (χ4n) is 3.05. The molecule has 1 aromatic rings. The highest BCUT2D eigenvalue weighted by Crippen LogP contribution is 2.43. The number of cyclic esters (lactones) is 1. The van der Waals surface area contributed by atoms with Crippen molar-refractivity contribution in [1.82, 2.24) is 0 Å². The SMILES string of the molecule is COc1c(C)c2c(c(OCC[Si](C)(C)C)c1CCC=CC=O)C(=O)OC2. The summed E-state index contributed by atoms with van der Waals surface area (Å²) >= 11 is 0. The van der Waals surface area contributed by atoms with Crippen molar-refractivity contribution in [2.24, 2.45) is 0 Å². The highest BCUT2D eigenvalue weighted by Gasteiger charge is 2.33. The van der Waals surface area contributed by atoms with Crippen LogP contribution in [0.4, 0.5) is 0 Å². The molecule has 1 aliphatic heterocycles. The van der Waals surface area contributed by atoms with Crippen molar-refractivity contribution >= 4 is 20.3 Å². The molecule has 142 valence electrons. The van der Waals surface area contributed by atoms with Gasteiger partial charge in [-0.3, -0.25) is 4.79 Å². The maximum absolute atomic E-state index is 12.3. The number of rotatable bonds is 9. The summed E-state index contributed by atoms with van der Waals surface area (Å²) in [4.78, 5) is 22.8. The summed E-state index contributed by atoms with van der Waals surface area (Å²) in [5.41, 5.74) is 3.17. The van der Waals surface area contributed by atoms with E-state index in [0.717, 1.165) is 34.8 Å². The van der Waals surface area contributed by atoms with E-state index >= 15 is 0 Å². The zero-order valence-corrected chi connectivity index (χ0v) is 17.3. The molecule has 0 amide bonds. The summed E-state index contributed by atoms with van der Waals surface area (Å²) in [5.74, 6) is 0.991. The largest absolute Gasteiger partial charge is 0.496 e. The van der Waals surface area contributed by atoms with Gasteiger partial charge in [0.1, 0.15) is 30.0 Å². The van der Waals surface area contributed by atoms with E-state index in [2.05, 4.69) is 19.6 Å². The number of ether oxygens (including phenoxy) is 3. The van der Waals surface area contributed by atoms with Gasteiger partial charge in [0.2, 0.25) is 0 Å². The first-order chi connectivity index (χ1) is 12.3. The zero-order valence-electron chi connectivity index (χ0n) is 16.3. The predicted molar refractivity (Wildman–Crippen MR) is 104 cm³/mol. The van der Waals surface area contributed by atoms with Gasteiger partial charge in [-0.05, 0) is 37.4 Å². The molecule has 0 saturated carbocycles. The third-order valence-corrected chi connectivity index (χ3v) is 6.20. The van der Waals surface area contributed by atoms with Gasteiger partial charge in [-0.2, -0.15) is 0 Å². The lowest BCUT2D eigenvalue weighted by atomic mass is 9.94. The van der Waals surface area contributed by atoms with Crippen LogP contribution in [0.2, 0.25) is 25.7 Å². The molecule has 26 heavy (non-hydrogen) atoms. The maximum Gasteiger partial charge on any atom is 0.342 e. The fourth-order valence-corrected chi connectivity index (χ4v) is 3.76. The third-order valence-electron chi connectivity index (χ3n) is 4.50. The van der Waals surface area contributed by atoms with Crippen LogP contribution < -0.4 is 9.47 Å². The standard InChI is InChI=1S/C20H28O5Si/c1-14-16-13-25-20(22)17(16)19(24-11-12-26(3,4)5)15(18(14)23-2)9-7-6-8-10-21/h6,8,10H,7,9,11-13H2,1-5H3. The van der Waals surface area contributed by atoms with Crippen LogP contribution in [0.1, 0.15) is 33.5 Å². The van der Waals surface area contributed by atoms with Crippen LogP contribution in [0.3, 0.4) is 0 Å². The Morgan fingerprint density at radius 3 is 2.58 bits per heavy atom. The van der Waals surface area contributed by atoms with Crippen molar-refractivity contribution < 1.29 is 23.8 Å². The second kappa shape index (κ2) is 8.53. The highest BCUT2D eigenvalue weighted by molar-refractivity contribution is 6.76. The molecule has 0 N–H and O–H groups in total. The van der Waals surface area contributed by atoms with Gasteiger partial charge in [0.25, 0.3) is 0 Å². The Morgan fingerprint density at radius 2 is 1.96 bits per heavy atom. The second-order valence-electron chi connectivity index (χ2n) is 7.66. The number of hydrogen-bond acceptors (Lipinski definition) is 5. The summed E-state index contributed by atoms with van der Waals surface area (Å²) in [6.45, 7) is 9.63. The average molecular weight is 377 g/mol. The van der Waals surface area contributed by atoms with Gasteiger partial charge in [0.05, 0.1) is 13.7 Å². The first-order valence-corrected chi connectivity index (χ1v) is 12.6. The maximum atomic E-state index is 12.3. The van der Waals surface area contributed by atoms with Gasteiger partial charge in [-0.15, -0.1) is 0 Å². The van der Waals surface area contributed by atoms with Gasteiger partial charge in [-0.1, -0.05) is 25.7 Å². The summed E-state index contributed by atoms with van der Waals surface area (Å²) in [6, 6.07) is 0.998. The molecule has 1 heterocycles. The van der Waals surface area contributed by atoms with Gasteiger partial charge in [-0.25, -0.2) is 4.79 Å². The molecule has 0 saturated heterocycles. The molecule has 0 spiro atoms. The predicted octanol–water partition coefficient (Wildman–Crippen LogP) is 4.08. The molecule has 0 bridgehead atoms. The number of hydrogen-bond donors (Lipinski definition) is 0. The van der Waals surface area contributed by atoms with Gasteiger partial charge in [0.15, 0.2) is 0 Å². The number of carbonyl (C=O) groups is 2. The molecule has 5 nitrogen and oxygen atoms in total. The van der Waals surface area contributed by atoms with E-state index in [4.69, 9.17) is 14.2 Å². The van der Waals surface area contributed by atoms with E-state index in [1.54, 1.807) is 13.2 Å². The molecular formula is C20H28O5Si. The van der Waals surface area contributed by atoms with Crippen LogP contribution in [0.25, 0.3) is 0 Å². The molecule has 1 aliphatic rings. The van der Waals surface area contributed by atoms with E-state index < -0.39 is 8.07 Å². The molecule has 6 heteroatoms. The number of aldehydes is 1. The van der Waals surface area contributed by atoms with Gasteiger partial charge < -0.3 is 14.2 Å². The molecule has 0 radical (unpaired) electrons. The number of carbonyl (C=O) groups excluding carboxylic acids is 2. The number of benzene rings is 1. The lowest BCUT2D eigenvalue weighted by Crippen LogP contribution is -2.23. The van der Waals surface area contributed by atoms with Gasteiger partial charge in [0, 0.05) is 19.2 Å². The topological polar surface area (TPSA) is 61.8 Å². The van der Waals surface area contributed by atoms with Gasteiger partial charge >= 0.3 is 5.97 Å². The summed E-state index contributed by atoms with van der Waals surface area (Å²) < 4.78 is 17.1. The smallest absolute Gasteiger partial charge is 0.342 e. The van der Waals surface area contributed by atoms with Crippen molar-refractivity contribution in [3.8, 4) is 11.5 Å². The van der Waals surface area contributed by atoms with Crippen LogP contribution in [-0.2, 0) is 22.6 Å². The zero-order chi connectivity index (χ0) is 19.3. The van der Waals surface area contributed by atoms with Crippen LogP contribution >= 0.6 is 0 Å². The third kappa shape index (κ3) is 4.55. The quantitative estimate of drug-likeness (QED) is 0.281. The Labute approximate surface area is 156 Å². The number of allylic oxidation sites excluding steroid dienone is 2. The number of fused-ring (bicyclic) bond motifs is 1. The van der Waals surface area contributed by atoms with Crippen molar-refractivity contribution in [3.05, 3.63) is 34.4 Å². The molecular weight excluding hydrogens is 348 g/mol. The van der Waals surface area contributed by atoms with E-state index in [-0.39, 0.29) is 12.6 Å². The minimum atomic E-state index is -1.26. The van der Waals surface area contributed by atoms with Crippen molar-refractivity contribution in [2.45, 2.75) is 52.1 Å². The monoisotopic (exact) mass is 376 g/mol. The molecule has 0 unspecified atom stereocenters. The summed E-state index contributed by atoms with van der Waals surface area (Å²) in [5, 5.41) is 0. The Hall–Kier alpha value is -2.08. The van der Waals surface area contributed by atoms with Crippen LogP contribution in [0.5, 0.6) is 11.5 Å². The Balaban J connectivity index is 2.45. The lowest BCUT2D eigenvalue weighted by molar-refractivity contribution is -0.104. The molecule has 1 aromatic carbocycles. The normalized spacial score (nSPS) is 13.7. The van der Waals surface area contributed by atoms with E-state index in [9.17, 15) is 9.59 Å². The van der Waals surface area contributed by atoms with Crippen molar-refractivity contribution in [3.63, 3.8) is 0 Å². The van der Waals surface area contributed by atoms with E-state index in [1.807, 2.05) is 6.92 Å². The number of esters is 1. The van der Waals surface area contributed by atoms with E-state index in [1.165, 1.54) is 6.08 Å². The molecule has 0 aliphatic carbocycles. The summed E-state index contributed by atoms with van der Waals surface area (Å²) in [6.07, 6.45) is 5.32. The molecule has 2 rings (SSSR count). The number of methoxy groups -OCH3 is 1. The lowest BCUT2D eigenvalue weighted by Gasteiger charge is -2.21. The van der Waals surface area contributed by atoms with Crippen LogP contribution in [0.15, 0.2) is 12.2 Å². The first-order valence-electron chi connectivity index (χ1n) is 8.92. The molecule has 0 fully saturated rings. The van der Waals surface area contributed by atoms with Crippen LogP contribution in [0, 0.1) is 6.92 Å². The molecule has 0 aromatic heterocycles.